The van der Waals surface area contributed by atoms with Crippen molar-refractivity contribution in [3.8, 4) is 0 Å². The van der Waals surface area contributed by atoms with Crippen molar-refractivity contribution in [3.05, 3.63) is 77.5 Å². The third-order valence-electron chi connectivity index (χ3n) is 4.19. The lowest BCUT2D eigenvalue weighted by Gasteiger charge is -2.08. The number of pyridine rings is 1. The normalized spacial score (nSPS) is 10.9. The molecule has 128 valence electrons. The van der Waals surface area contributed by atoms with E-state index in [1.165, 1.54) is 10.9 Å². The van der Waals surface area contributed by atoms with Crippen LogP contribution >= 0.6 is 0 Å². The van der Waals surface area contributed by atoms with Gasteiger partial charge in [-0.2, -0.15) is 0 Å². The number of carbonyl (C=O) groups is 1. The van der Waals surface area contributed by atoms with Gasteiger partial charge in [-0.3, -0.25) is 19.1 Å². The first-order valence-electron chi connectivity index (χ1n) is 8.29. The summed E-state index contributed by atoms with van der Waals surface area (Å²) < 4.78 is 1.46. The predicted octanol–water partition coefficient (Wildman–Crippen LogP) is 2.97. The molecule has 0 saturated carbocycles. The highest BCUT2D eigenvalue weighted by Crippen LogP contribution is 2.16. The molecule has 0 aliphatic heterocycles. The number of amides is 1. The SMILES string of the molecule is O=C(CCn1cnc2ccccc2c1=O)Nc1cnc2ccccc2c1. The van der Waals surface area contributed by atoms with E-state index in [1.807, 2.05) is 36.4 Å². The predicted molar refractivity (Wildman–Crippen MR) is 101 cm³/mol. The van der Waals surface area contributed by atoms with E-state index in [0.717, 1.165) is 10.9 Å². The number of rotatable bonds is 4. The molecule has 6 heteroatoms. The summed E-state index contributed by atoms with van der Waals surface area (Å²) in [5.74, 6) is -0.179. The molecule has 0 aliphatic carbocycles. The number of aromatic nitrogens is 3. The van der Waals surface area contributed by atoms with Gasteiger partial charge >= 0.3 is 0 Å². The molecule has 26 heavy (non-hydrogen) atoms. The minimum absolute atomic E-state index is 0.143. The van der Waals surface area contributed by atoms with Gasteiger partial charge in [0.1, 0.15) is 0 Å². The van der Waals surface area contributed by atoms with E-state index in [1.54, 1.807) is 24.4 Å². The maximum atomic E-state index is 12.4. The number of para-hydroxylation sites is 2. The second-order valence-corrected chi connectivity index (χ2v) is 5.98. The maximum Gasteiger partial charge on any atom is 0.261 e. The molecule has 1 N–H and O–H groups in total. The van der Waals surface area contributed by atoms with E-state index in [2.05, 4.69) is 15.3 Å². The fourth-order valence-corrected chi connectivity index (χ4v) is 2.85. The van der Waals surface area contributed by atoms with Crippen LogP contribution in [-0.2, 0) is 11.3 Å². The minimum Gasteiger partial charge on any atom is -0.325 e. The Kier molecular flexibility index (Phi) is 4.15. The summed E-state index contributed by atoms with van der Waals surface area (Å²) in [5.41, 5.74) is 2.02. The van der Waals surface area contributed by atoms with Crippen LogP contribution in [0.3, 0.4) is 0 Å². The van der Waals surface area contributed by atoms with E-state index in [0.29, 0.717) is 16.6 Å². The number of fused-ring (bicyclic) bond motifs is 2. The molecule has 0 atom stereocenters. The molecule has 2 aromatic heterocycles. The van der Waals surface area contributed by atoms with Crippen molar-refractivity contribution >= 4 is 33.4 Å². The van der Waals surface area contributed by atoms with Gasteiger partial charge in [-0.1, -0.05) is 30.3 Å². The van der Waals surface area contributed by atoms with Crippen molar-refractivity contribution in [3.63, 3.8) is 0 Å². The summed E-state index contributed by atoms with van der Waals surface area (Å²) in [5, 5.41) is 4.33. The third-order valence-corrected chi connectivity index (χ3v) is 4.19. The molecule has 0 bridgehead atoms. The number of hydrogen-bond donors (Lipinski definition) is 1. The Labute approximate surface area is 149 Å². The highest BCUT2D eigenvalue weighted by atomic mass is 16.2. The Hall–Kier alpha value is -3.54. The first-order valence-corrected chi connectivity index (χ1v) is 8.29. The lowest BCUT2D eigenvalue weighted by Crippen LogP contribution is -2.23. The van der Waals surface area contributed by atoms with Gasteiger partial charge in [-0.25, -0.2) is 4.98 Å². The van der Waals surface area contributed by atoms with Crippen LogP contribution < -0.4 is 10.9 Å². The average molecular weight is 344 g/mol. The zero-order valence-corrected chi connectivity index (χ0v) is 13.9. The van der Waals surface area contributed by atoms with Crippen molar-refractivity contribution in [2.24, 2.45) is 0 Å². The lowest BCUT2D eigenvalue weighted by molar-refractivity contribution is -0.116. The van der Waals surface area contributed by atoms with Gasteiger partial charge < -0.3 is 5.32 Å². The average Bonchev–Trinajstić information content (AvgIpc) is 2.67. The molecule has 0 spiro atoms. The first kappa shape index (κ1) is 16.0. The zero-order chi connectivity index (χ0) is 17.9. The van der Waals surface area contributed by atoms with Crippen molar-refractivity contribution in [2.75, 3.05) is 5.32 Å². The Morgan fingerprint density at radius 1 is 1.00 bits per heavy atom. The number of aryl methyl sites for hydroxylation is 1. The number of hydrogen-bond acceptors (Lipinski definition) is 4. The van der Waals surface area contributed by atoms with Gasteiger partial charge in [-0.05, 0) is 24.3 Å². The molecule has 2 heterocycles. The molecular formula is C20H16N4O2. The summed E-state index contributed by atoms with van der Waals surface area (Å²) in [7, 11) is 0. The second kappa shape index (κ2) is 6.76. The number of anilines is 1. The molecule has 6 nitrogen and oxygen atoms in total. The molecule has 0 unspecified atom stereocenters. The Morgan fingerprint density at radius 2 is 1.77 bits per heavy atom. The summed E-state index contributed by atoms with van der Waals surface area (Å²) in [6.07, 6.45) is 3.28. The number of nitrogens with one attached hydrogen (secondary N) is 1. The van der Waals surface area contributed by atoms with Crippen molar-refractivity contribution in [2.45, 2.75) is 13.0 Å². The largest absolute Gasteiger partial charge is 0.325 e. The molecule has 0 saturated heterocycles. The molecule has 2 aromatic carbocycles. The topological polar surface area (TPSA) is 76.9 Å². The van der Waals surface area contributed by atoms with Crippen LogP contribution in [0.5, 0.6) is 0 Å². The van der Waals surface area contributed by atoms with E-state index in [4.69, 9.17) is 0 Å². The standard InChI is InChI=1S/C20H16N4O2/c25-19(23-15-11-14-5-1-3-7-17(14)21-12-15)9-10-24-13-22-18-8-4-2-6-16(18)20(24)26/h1-8,11-13H,9-10H2,(H,23,25). The number of nitrogens with zero attached hydrogens (tertiary/aromatic N) is 3. The molecule has 4 rings (SSSR count). The molecule has 0 radical (unpaired) electrons. The third kappa shape index (κ3) is 3.17. The van der Waals surface area contributed by atoms with E-state index in [-0.39, 0.29) is 24.4 Å². The molecule has 1 amide bonds. The number of carbonyl (C=O) groups excluding carboxylic acids is 1. The molecule has 4 aromatic rings. The fourth-order valence-electron chi connectivity index (χ4n) is 2.85. The van der Waals surface area contributed by atoms with Gasteiger partial charge in [0.15, 0.2) is 0 Å². The van der Waals surface area contributed by atoms with Gasteiger partial charge in [0.2, 0.25) is 5.91 Å². The Balaban J connectivity index is 1.46. The molecule has 0 fully saturated rings. The zero-order valence-electron chi connectivity index (χ0n) is 13.9. The summed E-state index contributed by atoms with van der Waals surface area (Å²) in [6.45, 7) is 0.267. The summed E-state index contributed by atoms with van der Waals surface area (Å²) >= 11 is 0. The fraction of sp³-hybridized carbons (Fsp3) is 0.100. The lowest BCUT2D eigenvalue weighted by atomic mass is 10.2. The highest BCUT2D eigenvalue weighted by molar-refractivity contribution is 5.93. The minimum atomic E-state index is -0.179. The van der Waals surface area contributed by atoms with Crippen LogP contribution in [0.1, 0.15) is 6.42 Å². The Morgan fingerprint density at radius 3 is 2.65 bits per heavy atom. The van der Waals surface area contributed by atoms with Crippen LogP contribution in [0, 0.1) is 0 Å². The maximum absolute atomic E-state index is 12.4. The van der Waals surface area contributed by atoms with Gasteiger partial charge in [0.05, 0.1) is 34.6 Å². The van der Waals surface area contributed by atoms with Crippen molar-refractivity contribution in [1.29, 1.82) is 0 Å². The van der Waals surface area contributed by atoms with E-state index in [9.17, 15) is 9.59 Å². The van der Waals surface area contributed by atoms with Crippen LogP contribution in [0.15, 0.2) is 71.9 Å². The summed E-state index contributed by atoms with van der Waals surface area (Å²) in [6, 6.07) is 16.8. The van der Waals surface area contributed by atoms with Crippen LogP contribution in [-0.4, -0.2) is 20.4 Å². The quantitative estimate of drug-likeness (QED) is 0.617. The van der Waals surface area contributed by atoms with Gasteiger partial charge in [-0.15, -0.1) is 0 Å². The first-order chi connectivity index (χ1) is 12.7. The van der Waals surface area contributed by atoms with Crippen LogP contribution in [0.4, 0.5) is 5.69 Å². The van der Waals surface area contributed by atoms with Crippen molar-refractivity contribution < 1.29 is 4.79 Å². The van der Waals surface area contributed by atoms with Crippen LogP contribution in [0.25, 0.3) is 21.8 Å². The number of benzene rings is 2. The highest BCUT2D eigenvalue weighted by Gasteiger charge is 2.07. The van der Waals surface area contributed by atoms with Crippen LogP contribution in [0.2, 0.25) is 0 Å². The molecular weight excluding hydrogens is 328 g/mol. The smallest absolute Gasteiger partial charge is 0.261 e. The summed E-state index contributed by atoms with van der Waals surface area (Å²) in [4.78, 5) is 33.2. The van der Waals surface area contributed by atoms with E-state index >= 15 is 0 Å². The van der Waals surface area contributed by atoms with Crippen molar-refractivity contribution in [1.82, 2.24) is 14.5 Å². The second-order valence-electron chi connectivity index (χ2n) is 5.98. The molecule has 0 aliphatic rings. The monoisotopic (exact) mass is 344 g/mol. The van der Waals surface area contributed by atoms with Gasteiger partial charge in [0, 0.05) is 18.4 Å². The van der Waals surface area contributed by atoms with E-state index < -0.39 is 0 Å². The Bertz CT molecular complexity index is 1170. The van der Waals surface area contributed by atoms with Gasteiger partial charge in [0.25, 0.3) is 5.56 Å².